The van der Waals surface area contributed by atoms with Gasteiger partial charge in [-0.2, -0.15) is 0 Å². The fourth-order valence-electron chi connectivity index (χ4n) is 4.09. The van der Waals surface area contributed by atoms with Crippen LogP contribution in [-0.4, -0.2) is 45.2 Å². The van der Waals surface area contributed by atoms with E-state index in [-0.39, 0.29) is 11.7 Å². The summed E-state index contributed by atoms with van der Waals surface area (Å²) in [6, 6.07) is 12.8. The molecule has 3 aromatic rings. The normalized spacial score (nSPS) is 14.2. The number of nitrogens with one attached hydrogen (secondary N) is 1. The molecule has 1 amide bonds. The molecule has 0 aliphatic carbocycles. The Morgan fingerprint density at radius 2 is 1.94 bits per heavy atom. The standard InChI is InChI=1S/C24H28FN5O/c1-17-7-8-20(18(2)15-17)24(31)26-11-9-22-27-28-23-10-12-29(13-14-30(22)23)16-19-5-3-4-6-21(19)25/h3-8,15H,9-14,16H2,1-2H3,(H,26,31). The van der Waals surface area contributed by atoms with E-state index < -0.39 is 0 Å². The van der Waals surface area contributed by atoms with Crippen LogP contribution in [0, 0.1) is 19.7 Å². The number of benzene rings is 2. The van der Waals surface area contributed by atoms with Gasteiger partial charge in [-0.1, -0.05) is 35.9 Å². The molecule has 4 rings (SSSR count). The van der Waals surface area contributed by atoms with E-state index in [0.29, 0.717) is 25.1 Å². The molecule has 0 spiro atoms. The van der Waals surface area contributed by atoms with E-state index in [0.717, 1.165) is 54.4 Å². The Balaban J connectivity index is 1.33. The van der Waals surface area contributed by atoms with Gasteiger partial charge in [-0.25, -0.2) is 4.39 Å². The Kier molecular flexibility index (Phi) is 6.42. The van der Waals surface area contributed by atoms with Gasteiger partial charge < -0.3 is 9.88 Å². The minimum Gasteiger partial charge on any atom is -0.352 e. The average Bonchev–Trinajstić information content (AvgIpc) is 3.01. The van der Waals surface area contributed by atoms with Gasteiger partial charge in [0.15, 0.2) is 0 Å². The van der Waals surface area contributed by atoms with Gasteiger partial charge in [0.05, 0.1) is 0 Å². The largest absolute Gasteiger partial charge is 0.352 e. The first-order valence-corrected chi connectivity index (χ1v) is 10.7. The van der Waals surface area contributed by atoms with E-state index in [2.05, 4.69) is 25.0 Å². The van der Waals surface area contributed by atoms with Crippen LogP contribution >= 0.6 is 0 Å². The van der Waals surface area contributed by atoms with Gasteiger partial charge in [-0.15, -0.1) is 10.2 Å². The van der Waals surface area contributed by atoms with Crippen molar-refractivity contribution < 1.29 is 9.18 Å². The summed E-state index contributed by atoms with van der Waals surface area (Å²) in [4.78, 5) is 14.8. The summed E-state index contributed by atoms with van der Waals surface area (Å²) in [5, 5.41) is 11.7. The third kappa shape index (κ3) is 4.99. The molecule has 162 valence electrons. The fourth-order valence-corrected chi connectivity index (χ4v) is 4.09. The predicted molar refractivity (Wildman–Crippen MR) is 117 cm³/mol. The topological polar surface area (TPSA) is 63.1 Å². The molecule has 0 unspecified atom stereocenters. The maximum atomic E-state index is 14.0. The van der Waals surface area contributed by atoms with Gasteiger partial charge in [0.25, 0.3) is 5.91 Å². The Bertz CT molecular complexity index is 1080. The van der Waals surface area contributed by atoms with E-state index in [9.17, 15) is 9.18 Å². The van der Waals surface area contributed by atoms with Gasteiger partial charge in [-0.3, -0.25) is 9.69 Å². The lowest BCUT2D eigenvalue weighted by Gasteiger charge is -2.20. The van der Waals surface area contributed by atoms with Crippen molar-refractivity contribution in [2.45, 2.75) is 39.8 Å². The molecule has 6 nitrogen and oxygen atoms in total. The molecule has 0 radical (unpaired) electrons. The number of carbonyl (C=O) groups excluding carboxylic acids is 1. The third-order valence-corrected chi connectivity index (χ3v) is 5.81. The van der Waals surface area contributed by atoms with E-state index in [1.54, 1.807) is 6.07 Å². The number of aryl methyl sites for hydroxylation is 2. The molecule has 2 aromatic carbocycles. The van der Waals surface area contributed by atoms with Crippen LogP contribution in [0.2, 0.25) is 0 Å². The van der Waals surface area contributed by atoms with Crippen LogP contribution in [0.3, 0.4) is 0 Å². The van der Waals surface area contributed by atoms with Gasteiger partial charge in [-0.05, 0) is 31.5 Å². The predicted octanol–water partition coefficient (Wildman–Crippen LogP) is 3.06. The summed E-state index contributed by atoms with van der Waals surface area (Å²) in [5.74, 6) is 1.60. The van der Waals surface area contributed by atoms with Crippen LogP contribution in [-0.2, 0) is 25.9 Å². The monoisotopic (exact) mass is 421 g/mol. The quantitative estimate of drug-likeness (QED) is 0.665. The number of halogens is 1. The summed E-state index contributed by atoms with van der Waals surface area (Å²) in [6.45, 7) is 7.44. The zero-order chi connectivity index (χ0) is 21.8. The number of nitrogens with zero attached hydrogens (tertiary/aromatic N) is 4. The molecule has 7 heteroatoms. The highest BCUT2D eigenvalue weighted by Gasteiger charge is 2.19. The second-order valence-corrected chi connectivity index (χ2v) is 8.13. The maximum absolute atomic E-state index is 14.0. The summed E-state index contributed by atoms with van der Waals surface area (Å²) in [6.07, 6.45) is 1.40. The third-order valence-electron chi connectivity index (χ3n) is 5.81. The fraction of sp³-hybridized carbons (Fsp3) is 0.375. The molecular formula is C24H28FN5O. The van der Waals surface area contributed by atoms with E-state index in [4.69, 9.17) is 0 Å². The molecule has 0 saturated carbocycles. The number of amides is 1. The zero-order valence-electron chi connectivity index (χ0n) is 18.1. The number of fused-ring (bicyclic) bond motifs is 1. The lowest BCUT2D eigenvalue weighted by molar-refractivity contribution is 0.0953. The van der Waals surface area contributed by atoms with Crippen molar-refractivity contribution in [3.05, 3.63) is 82.2 Å². The van der Waals surface area contributed by atoms with Gasteiger partial charge in [0.2, 0.25) is 0 Å². The summed E-state index contributed by atoms with van der Waals surface area (Å²) < 4.78 is 16.1. The molecule has 2 heterocycles. The van der Waals surface area contributed by atoms with E-state index in [1.165, 1.54) is 6.07 Å². The highest BCUT2D eigenvalue weighted by Crippen LogP contribution is 2.15. The Morgan fingerprint density at radius 1 is 1.10 bits per heavy atom. The van der Waals surface area contributed by atoms with Crippen molar-refractivity contribution in [1.29, 1.82) is 0 Å². The Labute approximate surface area is 182 Å². The average molecular weight is 422 g/mol. The number of aromatic nitrogens is 3. The lowest BCUT2D eigenvalue weighted by atomic mass is 10.1. The minimum absolute atomic E-state index is 0.0656. The van der Waals surface area contributed by atoms with Crippen LogP contribution in [0.1, 0.15) is 38.7 Å². The minimum atomic E-state index is -0.161. The molecule has 0 fully saturated rings. The lowest BCUT2D eigenvalue weighted by Crippen LogP contribution is -2.28. The Hall–Kier alpha value is -3.06. The summed E-state index contributed by atoms with van der Waals surface area (Å²) >= 11 is 0. The zero-order valence-corrected chi connectivity index (χ0v) is 18.1. The van der Waals surface area contributed by atoms with Crippen molar-refractivity contribution in [2.24, 2.45) is 0 Å². The number of hydrogen-bond acceptors (Lipinski definition) is 4. The van der Waals surface area contributed by atoms with Gasteiger partial charge >= 0.3 is 0 Å². The Morgan fingerprint density at radius 3 is 2.74 bits per heavy atom. The number of rotatable bonds is 6. The second-order valence-electron chi connectivity index (χ2n) is 8.13. The van der Waals surface area contributed by atoms with Crippen molar-refractivity contribution in [3.63, 3.8) is 0 Å². The molecule has 0 bridgehead atoms. The second kappa shape index (κ2) is 9.39. The first kappa shape index (κ1) is 21.2. The molecule has 0 saturated heterocycles. The maximum Gasteiger partial charge on any atom is 0.251 e. The van der Waals surface area contributed by atoms with E-state index >= 15 is 0 Å². The summed E-state index contributed by atoms with van der Waals surface area (Å²) in [5.41, 5.74) is 3.54. The van der Waals surface area contributed by atoms with Crippen LogP contribution < -0.4 is 5.32 Å². The highest BCUT2D eigenvalue weighted by molar-refractivity contribution is 5.95. The molecule has 1 N–H and O–H groups in total. The van der Waals surface area contributed by atoms with Gasteiger partial charge in [0.1, 0.15) is 17.5 Å². The van der Waals surface area contributed by atoms with Crippen molar-refractivity contribution in [2.75, 3.05) is 19.6 Å². The van der Waals surface area contributed by atoms with Crippen LogP contribution in [0.15, 0.2) is 42.5 Å². The highest BCUT2D eigenvalue weighted by atomic mass is 19.1. The van der Waals surface area contributed by atoms with Gasteiger partial charge in [0, 0.05) is 56.7 Å². The van der Waals surface area contributed by atoms with Crippen molar-refractivity contribution in [1.82, 2.24) is 25.0 Å². The van der Waals surface area contributed by atoms with Crippen molar-refractivity contribution >= 4 is 5.91 Å². The molecule has 0 atom stereocenters. The first-order chi connectivity index (χ1) is 15.0. The first-order valence-electron chi connectivity index (χ1n) is 10.7. The van der Waals surface area contributed by atoms with Crippen LogP contribution in [0.4, 0.5) is 4.39 Å². The molecule has 1 aliphatic heterocycles. The summed E-state index contributed by atoms with van der Waals surface area (Å²) in [7, 11) is 0. The van der Waals surface area contributed by atoms with Crippen molar-refractivity contribution in [3.8, 4) is 0 Å². The van der Waals surface area contributed by atoms with Crippen LogP contribution in [0.25, 0.3) is 0 Å². The molecule has 1 aliphatic rings. The number of carbonyl (C=O) groups is 1. The molecule has 1 aromatic heterocycles. The smallest absolute Gasteiger partial charge is 0.251 e. The van der Waals surface area contributed by atoms with E-state index in [1.807, 2.05) is 44.2 Å². The molecule has 31 heavy (non-hydrogen) atoms. The molecular weight excluding hydrogens is 393 g/mol. The number of hydrogen-bond donors (Lipinski definition) is 1. The van der Waals surface area contributed by atoms with Crippen LogP contribution in [0.5, 0.6) is 0 Å². The SMILES string of the molecule is Cc1ccc(C(=O)NCCc2nnc3n2CCN(Cc2ccccc2F)CC3)c(C)c1.